The number of anilines is 1. The van der Waals surface area contributed by atoms with E-state index in [0.29, 0.717) is 23.7 Å². The normalized spacial score (nSPS) is 11.1. The lowest BCUT2D eigenvalue weighted by Gasteiger charge is -2.25. The van der Waals surface area contributed by atoms with Gasteiger partial charge in [-0.3, -0.25) is 0 Å². The maximum atomic E-state index is 11.9. The Morgan fingerprint density at radius 2 is 1.68 bits per heavy atom. The zero-order valence-corrected chi connectivity index (χ0v) is 21.1. The first kappa shape index (κ1) is 26.8. The molecule has 8 heteroatoms. The molecule has 0 spiro atoms. The minimum absolute atomic E-state index is 0.0496. The summed E-state index contributed by atoms with van der Waals surface area (Å²) in [6, 6.07) is 16.4. The highest BCUT2D eigenvalue weighted by Gasteiger charge is 2.22. The van der Waals surface area contributed by atoms with E-state index in [1.54, 1.807) is 36.4 Å². The summed E-state index contributed by atoms with van der Waals surface area (Å²) < 4.78 is 16.9. The van der Waals surface area contributed by atoms with Gasteiger partial charge in [0, 0.05) is 6.54 Å². The molecule has 0 heterocycles. The van der Waals surface area contributed by atoms with E-state index in [1.165, 1.54) is 11.0 Å². The number of allylic oxidation sites excluding steroid dienone is 3. The van der Waals surface area contributed by atoms with Crippen molar-refractivity contribution >= 4 is 46.6 Å². The van der Waals surface area contributed by atoms with Gasteiger partial charge in [0.25, 0.3) is 10.3 Å². The Bertz CT molecular complexity index is 1060. The summed E-state index contributed by atoms with van der Waals surface area (Å²) in [6.07, 6.45) is 4.22. The summed E-state index contributed by atoms with van der Waals surface area (Å²) in [7, 11) is 0. The number of nitrogens with one attached hydrogen (secondary N) is 1. The van der Waals surface area contributed by atoms with Gasteiger partial charge in [-0.05, 0) is 87.2 Å². The maximum Gasteiger partial charge on any atom is 0.407 e. The number of alkyl carbamates (subject to hydrolysis) is 1. The molecular formula is C26H28N2O4S2. The molecule has 0 aliphatic carbocycles. The second-order valence-corrected chi connectivity index (χ2v) is 8.61. The molecule has 0 saturated carbocycles. The van der Waals surface area contributed by atoms with E-state index in [2.05, 4.69) is 18.5 Å². The van der Waals surface area contributed by atoms with Gasteiger partial charge in [0.1, 0.15) is 17.1 Å². The van der Waals surface area contributed by atoms with Gasteiger partial charge in [-0.15, -0.1) is 0 Å². The molecule has 0 saturated heterocycles. The van der Waals surface area contributed by atoms with Gasteiger partial charge in [0.2, 0.25) is 0 Å². The fraction of sp³-hybridized carbons (Fsp3) is 0.192. The van der Waals surface area contributed by atoms with Crippen LogP contribution in [0, 0.1) is 0 Å². The number of ether oxygens (including phenoxy) is 3. The predicted molar refractivity (Wildman–Crippen MR) is 144 cm³/mol. The predicted octanol–water partition coefficient (Wildman–Crippen LogP) is 6.44. The van der Waals surface area contributed by atoms with Crippen LogP contribution in [0.3, 0.4) is 0 Å². The molecule has 2 rings (SSSR count). The highest BCUT2D eigenvalue weighted by Crippen LogP contribution is 2.21. The summed E-state index contributed by atoms with van der Waals surface area (Å²) in [6.45, 7) is 13.1. The highest BCUT2D eigenvalue weighted by molar-refractivity contribution is 7.82. The molecular weight excluding hydrogens is 468 g/mol. The van der Waals surface area contributed by atoms with Crippen molar-refractivity contribution in [3.05, 3.63) is 97.3 Å². The minimum atomic E-state index is -0.567. The summed E-state index contributed by atoms with van der Waals surface area (Å²) in [4.78, 5) is 13.4. The Balaban J connectivity index is 2.22. The van der Waals surface area contributed by atoms with Crippen LogP contribution < -0.4 is 15.0 Å². The third kappa shape index (κ3) is 8.80. The lowest BCUT2D eigenvalue weighted by atomic mass is 10.2. The Hall–Kier alpha value is -3.49. The number of hydrogen-bond donors (Lipinski definition) is 1. The molecule has 0 unspecified atom stereocenters. The van der Waals surface area contributed by atoms with Crippen molar-refractivity contribution in [1.82, 2.24) is 5.32 Å². The molecule has 0 aliphatic heterocycles. The molecule has 0 aromatic heterocycles. The van der Waals surface area contributed by atoms with Crippen molar-refractivity contribution in [3.8, 4) is 5.75 Å². The van der Waals surface area contributed by atoms with Crippen molar-refractivity contribution in [1.29, 1.82) is 0 Å². The van der Waals surface area contributed by atoms with Gasteiger partial charge in [0.15, 0.2) is 0 Å². The number of amides is 1. The number of benzene rings is 2. The second-order valence-electron chi connectivity index (χ2n) is 7.92. The van der Waals surface area contributed by atoms with Gasteiger partial charge in [-0.25, -0.2) is 9.69 Å². The lowest BCUT2D eigenvalue weighted by Crippen LogP contribution is -2.39. The number of carbonyl (C=O) groups excluding carboxylic acids is 1. The van der Waals surface area contributed by atoms with Gasteiger partial charge in [-0.1, -0.05) is 49.6 Å². The summed E-state index contributed by atoms with van der Waals surface area (Å²) in [5, 5.41) is 2.86. The van der Waals surface area contributed by atoms with Crippen LogP contribution in [0.2, 0.25) is 0 Å². The Morgan fingerprint density at radius 3 is 2.24 bits per heavy atom. The Morgan fingerprint density at radius 1 is 1.03 bits per heavy atom. The van der Waals surface area contributed by atoms with Gasteiger partial charge in [0.05, 0.1) is 5.69 Å². The Kier molecular flexibility index (Phi) is 9.97. The van der Waals surface area contributed by atoms with E-state index in [-0.39, 0.29) is 10.3 Å². The molecule has 2 aromatic carbocycles. The van der Waals surface area contributed by atoms with Crippen LogP contribution in [0.5, 0.6) is 5.75 Å². The number of para-hydroxylation sites is 1. The summed E-state index contributed by atoms with van der Waals surface area (Å²) in [5.41, 5.74) is 0.909. The SMILES string of the molecule is C=C/C=C(\C=C)OC(=S)N(C(=S)Oc1ccccc1)c1ccc(CNC(=O)OC(C)(C)C)cc1. The van der Waals surface area contributed by atoms with E-state index in [4.69, 9.17) is 38.6 Å². The van der Waals surface area contributed by atoms with E-state index < -0.39 is 11.7 Å². The first-order chi connectivity index (χ1) is 16.1. The average molecular weight is 497 g/mol. The van der Waals surface area contributed by atoms with Crippen molar-refractivity contribution in [2.24, 2.45) is 0 Å². The van der Waals surface area contributed by atoms with Crippen molar-refractivity contribution in [2.45, 2.75) is 32.9 Å². The van der Waals surface area contributed by atoms with Crippen LogP contribution in [-0.2, 0) is 16.0 Å². The standard InChI is InChI=1S/C26H28N2O4S2/c1-6-11-21(7-2)30-24(33)28(25(34)31-22-12-9-8-10-13-22)20-16-14-19(15-17-20)18-27-23(29)32-26(3,4)5/h6-17H,1-2,18H2,3-5H3,(H,27,29)/b21-11+. The fourth-order valence-corrected chi connectivity index (χ4v) is 3.20. The zero-order chi connectivity index (χ0) is 25.1. The number of hydrogen-bond acceptors (Lipinski definition) is 6. The van der Waals surface area contributed by atoms with Gasteiger partial charge in [-0.2, -0.15) is 0 Å². The quantitative estimate of drug-likeness (QED) is 0.269. The van der Waals surface area contributed by atoms with Crippen LogP contribution >= 0.6 is 24.4 Å². The first-order valence-electron chi connectivity index (χ1n) is 10.4. The fourth-order valence-electron chi connectivity index (χ4n) is 2.58. The molecule has 0 aliphatic rings. The second kappa shape index (κ2) is 12.7. The topological polar surface area (TPSA) is 60.0 Å². The lowest BCUT2D eigenvalue weighted by molar-refractivity contribution is 0.0523. The molecule has 178 valence electrons. The van der Waals surface area contributed by atoms with Crippen molar-refractivity contribution < 1.29 is 19.0 Å². The number of thiocarbonyl (C=S) groups is 2. The molecule has 34 heavy (non-hydrogen) atoms. The summed E-state index contributed by atoms with van der Waals surface area (Å²) in [5.74, 6) is 0.967. The molecule has 0 radical (unpaired) electrons. The third-order valence-corrected chi connectivity index (χ3v) is 4.56. The van der Waals surface area contributed by atoms with E-state index in [9.17, 15) is 4.79 Å². The van der Waals surface area contributed by atoms with Crippen LogP contribution in [0.25, 0.3) is 0 Å². The smallest absolute Gasteiger partial charge is 0.407 e. The first-order valence-corrected chi connectivity index (χ1v) is 11.2. The number of rotatable bonds is 7. The average Bonchev–Trinajstić information content (AvgIpc) is 2.78. The van der Waals surface area contributed by atoms with Crippen LogP contribution in [-0.4, -0.2) is 22.0 Å². The van der Waals surface area contributed by atoms with Crippen LogP contribution in [0.1, 0.15) is 26.3 Å². The molecule has 0 bridgehead atoms. The van der Waals surface area contributed by atoms with E-state index in [1.807, 2.05) is 51.1 Å². The highest BCUT2D eigenvalue weighted by atomic mass is 32.1. The summed E-state index contributed by atoms with van der Waals surface area (Å²) >= 11 is 11.1. The largest absolute Gasteiger partial charge is 0.444 e. The monoisotopic (exact) mass is 496 g/mol. The molecule has 1 N–H and O–H groups in total. The van der Waals surface area contributed by atoms with Crippen molar-refractivity contribution in [2.75, 3.05) is 4.90 Å². The number of carbonyl (C=O) groups is 1. The van der Waals surface area contributed by atoms with Crippen molar-refractivity contribution in [3.63, 3.8) is 0 Å². The van der Waals surface area contributed by atoms with E-state index >= 15 is 0 Å². The van der Waals surface area contributed by atoms with Crippen LogP contribution in [0.15, 0.2) is 91.7 Å². The van der Waals surface area contributed by atoms with Gasteiger partial charge < -0.3 is 19.5 Å². The minimum Gasteiger partial charge on any atom is -0.444 e. The van der Waals surface area contributed by atoms with E-state index in [0.717, 1.165) is 5.56 Å². The Labute approximate surface area is 211 Å². The molecule has 6 nitrogen and oxygen atoms in total. The number of nitrogens with zero attached hydrogens (tertiary/aromatic N) is 1. The molecule has 1 amide bonds. The maximum absolute atomic E-state index is 11.9. The molecule has 0 atom stereocenters. The van der Waals surface area contributed by atoms with Gasteiger partial charge >= 0.3 is 6.09 Å². The zero-order valence-electron chi connectivity index (χ0n) is 19.4. The molecule has 2 aromatic rings. The third-order valence-electron chi connectivity index (χ3n) is 4.03. The molecule has 0 fully saturated rings. The van der Waals surface area contributed by atoms with Crippen LogP contribution in [0.4, 0.5) is 10.5 Å².